The minimum absolute atomic E-state index is 0.0783. The molecular weight excluding hydrogens is 344 g/mol. The van der Waals surface area contributed by atoms with Crippen molar-refractivity contribution in [1.29, 1.82) is 0 Å². The van der Waals surface area contributed by atoms with Gasteiger partial charge in [0, 0.05) is 0 Å². The van der Waals surface area contributed by atoms with Crippen LogP contribution in [-0.2, 0) is 0 Å². The molecule has 0 saturated carbocycles. The van der Waals surface area contributed by atoms with E-state index in [0.717, 1.165) is 5.56 Å². The number of methoxy groups -OCH3 is 1. The molecule has 0 unspecified atom stereocenters. The fourth-order valence-electron chi connectivity index (χ4n) is 2.23. The van der Waals surface area contributed by atoms with E-state index in [1.807, 2.05) is 13.0 Å². The Morgan fingerprint density at radius 3 is 2.68 bits per heavy atom. The van der Waals surface area contributed by atoms with E-state index in [-0.39, 0.29) is 25.3 Å². The number of benzene rings is 2. The molecule has 0 aliphatic heterocycles. The normalized spacial score (nSPS) is 11.5. The fourth-order valence-corrected chi connectivity index (χ4v) is 2.41. The molecule has 0 bridgehead atoms. The molecule has 6 nitrogen and oxygen atoms in total. The van der Waals surface area contributed by atoms with Gasteiger partial charge in [-0.15, -0.1) is 0 Å². The highest BCUT2D eigenvalue weighted by atomic mass is 35.5. The van der Waals surface area contributed by atoms with Gasteiger partial charge in [0.25, 0.3) is 0 Å². The van der Waals surface area contributed by atoms with Gasteiger partial charge in [-0.1, -0.05) is 29.8 Å². The number of carbonyl (C=O) groups excluding carboxylic acids is 1. The highest BCUT2D eigenvalue weighted by Gasteiger charge is 2.13. The second-order valence-corrected chi connectivity index (χ2v) is 5.69. The first-order valence-electron chi connectivity index (χ1n) is 7.78. The van der Waals surface area contributed by atoms with Crippen molar-refractivity contribution in [2.24, 2.45) is 0 Å². The van der Waals surface area contributed by atoms with Crippen LogP contribution in [0, 0.1) is 0 Å². The van der Waals surface area contributed by atoms with Crippen LogP contribution < -0.4 is 20.1 Å². The summed E-state index contributed by atoms with van der Waals surface area (Å²) in [5.41, 5.74) is 1.39. The number of para-hydroxylation sites is 1. The lowest BCUT2D eigenvalue weighted by molar-refractivity contribution is 0.196. The number of ether oxygens (including phenoxy) is 2. The van der Waals surface area contributed by atoms with E-state index in [9.17, 15) is 4.79 Å². The summed E-state index contributed by atoms with van der Waals surface area (Å²) in [6.07, 6.45) is 0. The van der Waals surface area contributed by atoms with Crippen LogP contribution in [-0.4, -0.2) is 31.5 Å². The Morgan fingerprint density at radius 2 is 2.00 bits per heavy atom. The van der Waals surface area contributed by atoms with Crippen LogP contribution in [0.4, 0.5) is 10.5 Å². The first kappa shape index (κ1) is 18.9. The predicted molar refractivity (Wildman–Crippen MR) is 97.6 cm³/mol. The van der Waals surface area contributed by atoms with Gasteiger partial charge in [0.2, 0.25) is 0 Å². The zero-order valence-corrected chi connectivity index (χ0v) is 14.8. The number of amides is 2. The van der Waals surface area contributed by atoms with E-state index in [1.165, 1.54) is 7.11 Å². The van der Waals surface area contributed by atoms with Crippen LogP contribution in [0.2, 0.25) is 5.02 Å². The van der Waals surface area contributed by atoms with Gasteiger partial charge in [0.15, 0.2) is 11.5 Å². The number of nitrogens with one attached hydrogen (secondary N) is 2. The molecule has 0 saturated heterocycles. The summed E-state index contributed by atoms with van der Waals surface area (Å²) < 4.78 is 10.7. The lowest BCUT2D eigenvalue weighted by Gasteiger charge is -2.17. The number of hydrogen-bond donors (Lipinski definition) is 3. The number of halogens is 1. The molecule has 0 spiro atoms. The summed E-state index contributed by atoms with van der Waals surface area (Å²) in [6.45, 7) is 1.96. The highest BCUT2D eigenvalue weighted by molar-refractivity contribution is 6.33. The molecule has 0 radical (unpaired) electrons. The summed E-state index contributed by atoms with van der Waals surface area (Å²) in [5, 5.41) is 14.9. The molecule has 3 N–H and O–H groups in total. The lowest BCUT2D eigenvalue weighted by atomic mass is 10.1. The Labute approximate surface area is 151 Å². The maximum absolute atomic E-state index is 12.1. The van der Waals surface area contributed by atoms with E-state index in [4.69, 9.17) is 26.2 Å². The summed E-state index contributed by atoms with van der Waals surface area (Å²) in [4.78, 5) is 12.1. The van der Waals surface area contributed by atoms with Gasteiger partial charge < -0.3 is 25.2 Å². The fraction of sp³-hybridized carbons (Fsp3) is 0.278. The number of carbonyl (C=O) groups is 1. The molecule has 2 rings (SSSR count). The van der Waals surface area contributed by atoms with Gasteiger partial charge in [0.1, 0.15) is 6.61 Å². The van der Waals surface area contributed by atoms with Crippen molar-refractivity contribution in [2.75, 3.05) is 25.6 Å². The summed E-state index contributed by atoms with van der Waals surface area (Å²) in [6, 6.07) is 11.8. The molecule has 2 amide bonds. The predicted octanol–water partition coefficient (Wildman–Crippen LogP) is 3.60. The Bertz CT molecular complexity index is 724. The zero-order chi connectivity index (χ0) is 18.2. The molecule has 0 aliphatic rings. The van der Waals surface area contributed by atoms with Crippen molar-refractivity contribution >= 4 is 23.3 Å². The first-order valence-corrected chi connectivity index (χ1v) is 8.16. The Balaban J connectivity index is 2.03. The third-order valence-electron chi connectivity index (χ3n) is 3.51. The van der Waals surface area contributed by atoms with E-state index >= 15 is 0 Å². The Hall–Kier alpha value is -2.44. The average molecular weight is 365 g/mol. The third kappa shape index (κ3) is 5.27. The Morgan fingerprint density at radius 1 is 1.24 bits per heavy atom. The van der Waals surface area contributed by atoms with Gasteiger partial charge >= 0.3 is 6.03 Å². The van der Waals surface area contributed by atoms with E-state index in [0.29, 0.717) is 22.2 Å². The minimum atomic E-state index is -0.361. The van der Waals surface area contributed by atoms with Crippen LogP contribution in [0.3, 0.4) is 0 Å². The van der Waals surface area contributed by atoms with E-state index in [1.54, 1.807) is 36.4 Å². The maximum Gasteiger partial charge on any atom is 0.319 e. The molecule has 2 aromatic rings. The topological polar surface area (TPSA) is 79.8 Å². The van der Waals surface area contributed by atoms with Crippen LogP contribution >= 0.6 is 11.6 Å². The largest absolute Gasteiger partial charge is 0.493 e. The quantitative estimate of drug-likeness (QED) is 0.701. The third-order valence-corrected chi connectivity index (χ3v) is 3.84. The van der Waals surface area contributed by atoms with Crippen molar-refractivity contribution in [1.82, 2.24) is 5.32 Å². The first-order chi connectivity index (χ1) is 12.0. The van der Waals surface area contributed by atoms with Gasteiger partial charge in [-0.25, -0.2) is 4.79 Å². The molecule has 7 heteroatoms. The van der Waals surface area contributed by atoms with Crippen LogP contribution in [0.5, 0.6) is 11.5 Å². The van der Waals surface area contributed by atoms with E-state index < -0.39 is 0 Å². The Kier molecular flexibility index (Phi) is 6.91. The average Bonchev–Trinajstić information content (AvgIpc) is 2.61. The lowest BCUT2D eigenvalue weighted by Crippen LogP contribution is -2.31. The van der Waals surface area contributed by atoms with Crippen molar-refractivity contribution in [3.05, 3.63) is 53.1 Å². The minimum Gasteiger partial charge on any atom is -0.493 e. The summed E-state index contributed by atoms with van der Waals surface area (Å²) in [5.74, 6) is 1.07. The maximum atomic E-state index is 12.1. The number of anilines is 1. The zero-order valence-electron chi connectivity index (χ0n) is 14.1. The number of aliphatic hydroxyl groups excluding tert-OH is 1. The van der Waals surface area contributed by atoms with Gasteiger partial charge in [0.05, 0.1) is 30.5 Å². The number of aliphatic hydroxyl groups is 1. The number of rotatable bonds is 7. The molecule has 25 heavy (non-hydrogen) atoms. The van der Waals surface area contributed by atoms with Gasteiger partial charge in [-0.3, -0.25) is 0 Å². The summed E-state index contributed by atoms with van der Waals surface area (Å²) in [7, 11) is 1.53. The molecule has 0 heterocycles. The molecular formula is C18H21ClN2O4. The molecule has 0 aromatic heterocycles. The van der Waals surface area contributed by atoms with Crippen LogP contribution in [0.15, 0.2) is 42.5 Å². The number of hydrogen-bond acceptors (Lipinski definition) is 4. The standard InChI is InChI=1S/C18H21ClN2O4/c1-12(20-18(23)21-15-6-4-3-5-14(15)19)13-7-8-16(25-10-9-22)17(11-13)24-2/h3-8,11-12,22H,9-10H2,1-2H3,(H2,20,21,23)/t12-/m0/s1. The molecule has 0 aliphatic carbocycles. The van der Waals surface area contributed by atoms with Crippen molar-refractivity contribution < 1.29 is 19.4 Å². The highest BCUT2D eigenvalue weighted by Crippen LogP contribution is 2.30. The summed E-state index contributed by atoms with van der Waals surface area (Å²) >= 11 is 6.03. The van der Waals surface area contributed by atoms with Crippen LogP contribution in [0.25, 0.3) is 0 Å². The van der Waals surface area contributed by atoms with E-state index in [2.05, 4.69) is 10.6 Å². The number of urea groups is 1. The SMILES string of the molecule is COc1cc([C@H](C)NC(=O)Nc2ccccc2Cl)ccc1OCCO. The molecule has 134 valence electrons. The smallest absolute Gasteiger partial charge is 0.319 e. The van der Waals surface area contributed by atoms with Crippen LogP contribution in [0.1, 0.15) is 18.5 Å². The van der Waals surface area contributed by atoms with Gasteiger partial charge in [-0.05, 0) is 36.8 Å². The second-order valence-electron chi connectivity index (χ2n) is 5.28. The monoisotopic (exact) mass is 364 g/mol. The van der Waals surface area contributed by atoms with Crippen molar-refractivity contribution in [2.45, 2.75) is 13.0 Å². The van der Waals surface area contributed by atoms with Gasteiger partial charge in [-0.2, -0.15) is 0 Å². The van der Waals surface area contributed by atoms with Crippen molar-refractivity contribution in [3.8, 4) is 11.5 Å². The second kappa shape index (κ2) is 9.15. The van der Waals surface area contributed by atoms with Crippen molar-refractivity contribution in [3.63, 3.8) is 0 Å². The molecule has 2 aromatic carbocycles. The molecule has 0 fully saturated rings. The molecule has 1 atom stereocenters.